The first-order chi connectivity index (χ1) is 12.7. The highest BCUT2D eigenvalue weighted by atomic mass is 32.2. The maximum Gasteiger partial charge on any atom is 0.239 e. The molecule has 2 aromatic carbocycles. The molecule has 7 heteroatoms. The Balaban J connectivity index is 2.04. The number of hydrogen-bond donors (Lipinski definition) is 1. The summed E-state index contributed by atoms with van der Waals surface area (Å²) in [6.45, 7) is 3.87. The van der Waals surface area contributed by atoms with Crippen LogP contribution in [0.3, 0.4) is 0 Å². The Hall–Kier alpha value is -2.38. The maximum absolute atomic E-state index is 12.4. The van der Waals surface area contributed by atoms with Gasteiger partial charge in [0.25, 0.3) is 0 Å². The van der Waals surface area contributed by atoms with Crippen molar-refractivity contribution in [2.75, 3.05) is 31.8 Å². The van der Waals surface area contributed by atoms with Crippen LogP contribution in [-0.4, -0.2) is 45.1 Å². The number of benzene rings is 2. The number of carbonyl (C=O) groups excluding carboxylic acids is 1. The summed E-state index contributed by atoms with van der Waals surface area (Å²) in [4.78, 5) is 12.4. The maximum atomic E-state index is 12.4. The van der Waals surface area contributed by atoms with Crippen molar-refractivity contribution in [1.82, 2.24) is 4.31 Å². The van der Waals surface area contributed by atoms with Gasteiger partial charge in [0, 0.05) is 12.2 Å². The van der Waals surface area contributed by atoms with E-state index in [1.165, 1.54) is 4.31 Å². The van der Waals surface area contributed by atoms with Crippen molar-refractivity contribution in [2.24, 2.45) is 0 Å². The Labute approximate surface area is 161 Å². The highest BCUT2D eigenvalue weighted by Crippen LogP contribution is 2.17. The summed E-state index contributed by atoms with van der Waals surface area (Å²) in [5, 5.41) is 2.79. The second kappa shape index (κ2) is 9.01. The molecule has 1 amide bonds. The molecule has 0 fully saturated rings. The van der Waals surface area contributed by atoms with Crippen molar-refractivity contribution in [3.05, 3.63) is 59.2 Å². The first kappa shape index (κ1) is 20.9. The van der Waals surface area contributed by atoms with Crippen LogP contribution < -0.4 is 10.1 Å². The second-order valence-corrected chi connectivity index (χ2v) is 8.55. The van der Waals surface area contributed by atoms with Gasteiger partial charge in [0.05, 0.1) is 19.9 Å². The number of sulfonamides is 1. The van der Waals surface area contributed by atoms with E-state index >= 15 is 0 Å². The van der Waals surface area contributed by atoms with Crippen LogP contribution in [-0.2, 0) is 21.2 Å². The molecule has 0 aromatic heterocycles. The fourth-order valence-corrected chi connectivity index (χ4v) is 3.52. The lowest BCUT2D eigenvalue weighted by atomic mass is 10.1. The Morgan fingerprint density at radius 1 is 1.15 bits per heavy atom. The zero-order valence-electron chi connectivity index (χ0n) is 16.2. The van der Waals surface area contributed by atoms with Crippen LogP contribution in [0, 0.1) is 13.8 Å². The van der Waals surface area contributed by atoms with E-state index in [1.807, 2.05) is 56.3 Å². The summed E-state index contributed by atoms with van der Waals surface area (Å²) in [5.74, 6) is 0.351. The molecule has 2 rings (SSSR count). The monoisotopic (exact) mass is 390 g/mol. The predicted octanol–water partition coefficient (Wildman–Crippen LogP) is 2.75. The first-order valence-corrected chi connectivity index (χ1v) is 10.5. The van der Waals surface area contributed by atoms with Crippen molar-refractivity contribution in [2.45, 2.75) is 20.3 Å². The topological polar surface area (TPSA) is 75.7 Å². The molecule has 0 bridgehead atoms. The Morgan fingerprint density at radius 3 is 2.52 bits per heavy atom. The molecule has 0 unspecified atom stereocenters. The molecule has 1 N–H and O–H groups in total. The number of nitrogens with zero attached hydrogens (tertiary/aromatic N) is 1. The minimum Gasteiger partial charge on any atom is -0.497 e. The van der Waals surface area contributed by atoms with Crippen LogP contribution in [0.15, 0.2) is 42.5 Å². The van der Waals surface area contributed by atoms with Crippen molar-refractivity contribution in [1.29, 1.82) is 0 Å². The molecule has 0 aliphatic rings. The number of nitrogens with one attached hydrogen (secondary N) is 1. The number of aryl methyl sites for hydroxylation is 2. The van der Waals surface area contributed by atoms with Gasteiger partial charge in [-0.1, -0.05) is 29.8 Å². The van der Waals surface area contributed by atoms with E-state index in [0.29, 0.717) is 17.9 Å². The van der Waals surface area contributed by atoms with Gasteiger partial charge in [-0.3, -0.25) is 4.79 Å². The third-order valence-corrected chi connectivity index (χ3v) is 5.48. The van der Waals surface area contributed by atoms with Gasteiger partial charge >= 0.3 is 0 Å². The minimum atomic E-state index is -3.51. The van der Waals surface area contributed by atoms with Gasteiger partial charge < -0.3 is 10.1 Å². The van der Waals surface area contributed by atoms with E-state index in [0.717, 1.165) is 22.9 Å². The molecule has 0 spiro atoms. The molecule has 0 heterocycles. The van der Waals surface area contributed by atoms with Crippen LogP contribution in [0.2, 0.25) is 0 Å². The third kappa shape index (κ3) is 6.37. The summed E-state index contributed by atoms with van der Waals surface area (Å²) >= 11 is 0. The van der Waals surface area contributed by atoms with Gasteiger partial charge in [0.1, 0.15) is 5.75 Å². The normalized spacial score (nSPS) is 11.4. The van der Waals surface area contributed by atoms with E-state index < -0.39 is 10.0 Å². The number of methoxy groups -OCH3 is 1. The molecule has 2 aromatic rings. The highest BCUT2D eigenvalue weighted by Gasteiger charge is 2.20. The van der Waals surface area contributed by atoms with Crippen LogP contribution in [0.25, 0.3) is 0 Å². The second-order valence-electron chi connectivity index (χ2n) is 6.56. The van der Waals surface area contributed by atoms with Crippen LogP contribution in [0.1, 0.15) is 16.7 Å². The molecule has 0 aliphatic carbocycles. The van der Waals surface area contributed by atoms with E-state index in [2.05, 4.69) is 5.32 Å². The number of amides is 1. The molecule has 6 nitrogen and oxygen atoms in total. The predicted molar refractivity (Wildman–Crippen MR) is 108 cm³/mol. The zero-order valence-corrected chi connectivity index (χ0v) is 17.0. The van der Waals surface area contributed by atoms with E-state index in [9.17, 15) is 13.2 Å². The Morgan fingerprint density at radius 2 is 1.89 bits per heavy atom. The van der Waals surface area contributed by atoms with Crippen molar-refractivity contribution in [3.63, 3.8) is 0 Å². The summed E-state index contributed by atoms with van der Waals surface area (Å²) in [6, 6.07) is 13.1. The molecule has 0 aliphatic heterocycles. The largest absolute Gasteiger partial charge is 0.497 e. The Kier molecular flexibility index (Phi) is 6.98. The minimum absolute atomic E-state index is 0.215. The SMILES string of the molecule is COc1cccc(CCN(CC(=O)Nc2ccc(C)cc2C)S(C)(=O)=O)c1. The highest BCUT2D eigenvalue weighted by molar-refractivity contribution is 7.88. The van der Waals surface area contributed by atoms with Gasteiger partial charge in [-0.2, -0.15) is 4.31 Å². The molecule has 0 saturated carbocycles. The summed E-state index contributed by atoms with van der Waals surface area (Å²) in [7, 11) is -1.93. The molecule has 27 heavy (non-hydrogen) atoms. The van der Waals surface area contributed by atoms with E-state index in [4.69, 9.17) is 4.74 Å². The van der Waals surface area contributed by atoms with Gasteiger partial charge in [0.2, 0.25) is 15.9 Å². The van der Waals surface area contributed by atoms with E-state index in [1.54, 1.807) is 7.11 Å². The first-order valence-electron chi connectivity index (χ1n) is 8.64. The molecular weight excluding hydrogens is 364 g/mol. The lowest BCUT2D eigenvalue weighted by Gasteiger charge is -2.20. The number of ether oxygens (including phenoxy) is 1. The lowest BCUT2D eigenvalue weighted by Crippen LogP contribution is -2.38. The van der Waals surface area contributed by atoms with Crippen LogP contribution in [0.4, 0.5) is 5.69 Å². The van der Waals surface area contributed by atoms with Gasteiger partial charge in [0.15, 0.2) is 0 Å². The molecular formula is C20H26N2O4S. The summed E-state index contributed by atoms with van der Waals surface area (Å²) in [6.07, 6.45) is 1.60. The van der Waals surface area contributed by atoms with Crippen molar-refractivity contribution in [3.8, 4) is 5.75 Å². The molecule has 146 valence electrons. The zero-order chi connectivity index (χ0) is 20.0. The molecule has 0 radical (unpaired) electrons. The number of anilines is 1. The lowest BCUT2D eigenvalue weighted by molar-refractivity contribution is -0.116. The molecule has 0 saturated heterocycles. The average Bonchev–Trinajstić information content (AvgIpc) is 2.60. The van der Waals surface area contributed by atoms with Gasteiger partial charge in [-0.25, -0.2) is 8.42 Å². The molecule has 0 atom stereocenters. The van der Waals surface area contributed by atoms with Crippen molar-refractivity contribution < 1.29 is 17.9 Å². The fourth-order valence-electron chi connectivity index (χ4n) is 2.75. The number of rotatable bonds is 8. The third-order valence-electron chi connectivity index (χ3n) is 4.23. The Bertz CT molecular complexity index is 910. The standard InChI is InChI=1S/C20H26N2O4S/c1-15-8-9-19(16(2)12-15)21-20(23)14-22(27(4,24)25)11-10-17-6-5-7-18(13-17)26-3/h5-9,12-13H,10-11,14H2,1-4H3,(H,21,23). The van der Waals surface area contributed by atoms with Gasteiger partial charge in [-0.05, 0) is 49.6 Å². The van der Waals surface area contributed by atoms with Gasteiger partial charge in [-0.15, -0.1) is 0 Å². The van der Waals surface area contributed by atoms with Crippen LogP contribution in [0.5, 0.6) is 5.75 Å². The van der Waals surface area contributed by atoms with E-state index in [-0.39, 0.29) is 19.0 Å². The number of hydrogen-bond acceptors (Lipinski definition) is 4. The summed E-state index contributed by atoms with van der Waals surface area (Å²) < 4.78 is 30.6. The van der Waals surface area contributed by atoms with Crippen LogP contribution >= 0.6 is 0 Å². The van der Waals surface area contributed by atoms with Crippen molar-refractivity contribution >= 4 is 21.6 Å². The number of carbonyl (C=O) groups is 1. The smallest absolute Gasteiger partial charge is 0.239 e. The fraction of sp³-hybridized carbons (Fsp3) is 0.350. The summed E-state index contributed by atoms with van der Waals surface area (Å²) in [5.41, 5.74) is 3.66. The average molecular weight is 391 g/mol. The quantitative estimate of drug-likeness (QED) is 0.752.